The lowest BCUT2D eigenvalue weighted by molar-refractivity contribution is 0.629. The molecule has 3 rings (SSSR count). The van der Waals surface area contributed by atoms with Gasteiger partial charge < -0.3 is 5.32 Å². The lowest BCUT2D eigenvalue weighted by Gasteiger charge is -2.03. The molecule has 2 N–H and O–H groups in total. The van der Waals surface area contributed by atoms with Gasteiger partial charge in [-0.05, 0) is 12.1 Å². The van der Waals surface area contributed by atoms with Crippen LogP contribution in [0.2, 0.25) is 0 Å². The first-order valence-electron chi connectivity index (χ1n) is 5.20. The van der Waals surface area contributed by atoms with Crippen molar-refractivity contribution in [2.45, 2.75) is 6.54 Å². The minimum absolute atomic E-state index is 0.341. The molecule has 0 saturated carbocycles. The summed E-state index contributed by atoms with van der Waals surface area (Å²) >= 11 is 0. The highest BCUT2D eigenvalue weighted by molar-refractivity contribution is 5.75. The number of halogens is 1. The Morgan fingerprint density at radius 3 is 3.06 bits per heavy atom. The first-order chi connectivity index (χ1) is 8.81. The van der Waals surface area contributed by atoms with Crippen molar-refractivity contribution in [3.63, 3.8) is 0 Å². The quantitative estimate of drug-likeness (QED) is 0.712. The lowest BCUT2D eigenvalue weighted by Crippen LogP contribution is -2.03. The van der Waals surface area contributed by atoms with Gasteiger partial charge in [-0.2, -0.15) is 5.21 Å². The number of nitrogens with zero attached hydrogens (tertiary/aromatic N) is 5. The molecule has 2 heterocycles. The normalized spacial score (nSPS) is 10.7. The molecule has 0 aliphatic carbocycles. The average molecular weight is 245 g/mol. The third kappa shape index (κ3) is 2.08. The van der Waals surface area contributed by atoms with E-state index in [1.807, 2.05) is 0 Å². The fourth-order valence-electron chi connectivity index (χ4n) is 1.50. The van der Waals surface area contributed by atoms with E-state index in [0.29, 0.717) is 29.2 Å². The highest BCUT2D eigenvalue weighted by Crippen LogP contribution is 2.13. The van der Waals surface area contributed by atoms with E-state index >= 15 is 0 Å². The molecule has 0 aliphatic rings. The molecule has 0 saturated heterocycles. The van der Waals surface area contributed by atoms with E-state index in [9.17, 15) is 4.39 Å². The monoisotopic (exact) mass is 245 g/mol. The smallest absolute Gasteiger partial charge is 0.193 e. The van der Waals surface area contributed by atoms with Gasteiger partial charge in [-0.3, -0.25) is 4.98 Å². The van der Waals surface area contributed by atoms with E-state index in [2.05, 4.69) is 35.9 Å². The Bertz CT molecular complexity index is 667. The molecule has 0 unspecified atom stereocenters. The average Bonchev–Trinajstić information content (AvgIpc) is 2.89. The SMILES string of the molecule is Fc1ccc2ncc(NCc3nn[nH]n3)nc2c1. The maximum Gasteiger partial charge on any atom is 0.193 e. The summed E-state index contributed by atoms with van der Waals surface area (Å²) in [4.78, 5) is 8.40. The zero-order chi connectivity index (χ0) is 12.4. The molecule has 0 amide bonds. The minimum atomic E-state index is -0.341. The molecular weight excluding hydrogens is 237 g/mol. The molecule has 0 radical (unpaired) electrons. The number of hydrogen-bond acceptors (Lipinski definition) is 6. The van der Waals surface area contributed by atoms with Gasteiger partial charge in [0.15, 0.2) is 5.82 Å². The van der Waals surface area contributed by atoms with Gasteiger partial charge in [0.1, 0.15) is 11.6 Å². The first-order valence-corrected chi connectivity index (χ1v) is 5.20. The van der Waals surface area contributed by atoms with Crippen LogP contribution in [0, 0.1) is 5.82 Å². The van der Waals surface area contributed by atoms with Crippen LogP contribution in [-0.4, -0.2) is 30.6 Å². The van der Waals surface area contributed by atoms with Crippen LogP contribution >= 0.6 is 0 Å². The Hall–Kier alpha value is -2.64. The fraction of sp³-hybridized carbons (Fsp3) is 0.100. The van der Waals surface area contributed by atoms with E-state index in [4.69, 9.17) is 0 Å². The topological polar surface area (TPSA) is 92.3 Å². The highest BCUT2D eigenvalue weighted by Gasteiger charge is 2.02. The second kappa shape index (κ2) is 4.32. The number of aromatic nitrogens is 6. The van der Waals surface area contributed by atoms with Crippen LogP contribution in [0.4, 0.5) is 10.2 Å². The standard InChI is InChI=1S/C10H8FN7/c11-6-1-2-7-8(3-6)14-9(4-12-7)13-5-10-15-17-18-16-10/h1-4H,5H2,(H,13,14)(H,15,16,17,18). The molecule has 0 fully saturated rings. The predicted molar refractivity (Wildman–Crippen MR) is 61.0 cm³/mol. The van der Waals surface area contributed by atoms with Crippen molar-refractivity contribution in [3.05, 3.63) is 36.0 Å². The van der Waals surface area contributed by atoms with Crippen molar-refractivity contribution in [2.75, 3.05) is 5.32 Å². The van der Waals surface area contributed by atoms with Crippen molar-refractivity contribution in [1.82, 2.24) is 30.6 Å². The summed E-state index contributed by atoms with van der Waals surface area (Å²) in [6.07, 6.45) is 1.57. The van der Waals surface area contributed by atoms with Crippen LogP contribution in [-0.2, 0) is 6.54 Å². The Labute approximate surface area is 100 Å². The number of rotatable bonds is 3. The van der Waals surface area contributed by atoms with E-state index in [1.54, 1.807) is 12.3 Å². The molecule has 18 heavy (non-hydrogen) atoms. The van der Waals surface area contributed by atoms with Crippen LogP contribution in [0.15, 0.2) is 24.4 Å². The van der Waals surface area contributed by atoms with Crippen LogP contribution < -0.4 is 5.32 Å². The molecule has 3 aromatic rings. The summed E-state index contributed by atoms with van der Waals surface area (Å²) in [5, 5.41) is 16.3. The van der Waals surface area contributed by atoms with E-state index in [1.165, 1.54) is 12.1 Å². The second-order valence-corrected chi connectivity index (χ2v) is 3.57. The zero-order valence-corrected chi connectivity index (χ0v) is 9.13. The predicted octanol–water partition coefficient (Wildman–Crippen LogP) is 0.894. The van der Waals surface area contributed by atoms with Gasteiger partial charge in [0, 0.05) is 6.07 Å². The molecular formula is C10H8FN7. The van der Waals surface area contributed by atoms with Crippen molar-refractivity contribution in [3.8, 4) is 0 Å². The Morgan fingerprint density at radius 2 is 2.22 bits per heavy atom. The molecule has 0 spiro atoms. The van der Waals surface area contributed by atoms with Gasteiger partial charge in [-0.1, -0.05) is 5.21 Å². The molecule has 90 valence electrons. The van der Waals surface area contributed by atoms with E-state index in [0.717, 1.165) is 0 Å². The van der Waals surface area contributed by atoms with Crippen molar-refractivity contribution in [2.24, 2.45) is 0 Å². The van der Waals surface area contributed by atoms with Gasteiger partial charge in [-0.25, -0.2) is 9.37 Å². The first kappa shape index (κ1) is 10.5. The highest BCUT2D eigenvalue weighted by atomic mass is 19.1. The minimum Gasteiger partial charge on any atom is -0.361 e. The number of tetrazole rings is 1. The number of nitrogens with one attached hydrogen (secondary N) is 2. The number of aromatic amines is 1. The fourth-order valence-corrected chi connectivity index (χ4v) is 1.50. The molecule has 8 heteroatoms. The molecule has 0 atom stereocenters. The second-order valence-electron chi connectivity index (χ2n) is 3.57. The lowest BCUT2D eigenvalue weighted by atomic mass is 10.3. The van der Waals surface area contributed by atoms with Gasteiger partial charge in [0.25, 0.3) is 0 Å². The van der Waals surface area contributed by atoms with E-state index in [-0.39, 0.29) is 5.82 Å². The van der Waals surface area contributed by atoms with Crippen LogP contribution in [0.25, 0.3) is 11.0 Å². The molecule has 1 aromatic carbocycles. The number of anilines is 1. The summed E-state index contributed by atoms with van der Waals surface area (Å²) < 4.78 is 13.1. The van der Waals surface area contributed by atoms with Gasteiger partial charge in [0.2, 0.25) is 0 Å². The van der Waals surface area contributed by atoms with Gasteiger partial charge >= 0.3 is 0 Å². The summed E-state index contributed by atoms with van der Waals surface area (Å²) in [5.41, 5.74) is 1.13. The molecule has 2 aromatic heterocycles. The third-order valence-corrected chi connectivity index (χ3v) is 2.32. The summed E-state index contributed by atoms with van der Waals surface area (Å²) in [7, 11) is 0. The Kier molecular flexibility index (Phi) is 2.52. The number of hydrogen-bond donors (Lipinski definition) is 2. The summed E-state index contributed by atoms with van der Waals surface area (Å²) in [5.74, 6) is 0.696. The number of fused-ring (bicyclic) bond motifs is 1. The molecule has 0 aliphatic heterocycles. The largest absolute Gasteiger partial charge is 0.361 e. The summed E-state index contributed by atoms with van der Waals surface area (Å²) in [6.45, 7) is 0.367. The van der Waals surface area contributed by atoms with E-state index < -0.39 is 0 Å². The number of H-pyrrole nitrogens is 1. The molecule has 0 bridgehead atoms. The maximum atomic E-state index is 13.1. The summed E-state index contributed by atoms with van der Waals surface area (Å²) in [6, 6.07) is 4.27. The zero-order valence-electron chi connectivity index (χ0n) is 9.13. The van der Waals surface area contributed by atoms with Gasteiger partial charge in [-0.15, -0.1) is 10.2 Å². The van der Waals surface area contributed by atoms with Crippen molar-refractivity contribution in [1.29, 1.82) is 0 Å². The van der Waals surface area contributed by atoms with Crippen LogP contribution in [0.5, 0.6) is 0 Å². The Balaban J connectivity index is 1.84. The van der Waals surface area contributed by atoms with Crippen molar-refractivity contribution < 1.29 is 4.39 Å². The Morgan fingerprint density at radius 1 is 1.28 bits per heavy atom. The third-order valence-electron chi connectivity index (χ3n) is 2.32. The molecule has 7 nitrogen and oxygen atoms in total. The number of benzene rings is 1. The van der Waals surface area contributed by atoms with Gasteiger partial charge in [0.05, 0.1) is 23.8 Å². The van der Waals surface area contributed by atoms with Crippen molar-refractivity contribution >= 4 is 16.9 Å². The maximum absolute atomic E-state index is 13.1. The van der Waals surface area contributed by atoms with Crippen LogP contribution in [0.1, 0.15) is 5.82 Å². The van der Waals surface area contributed by atoms with Crippen LogP contribution in [0.3, 0.4) is 0 Å².